The molecule has 0 aromatic carbocycles. The number of fused-ring (bicyclic) bond motifs is 1. The van der Waals surface area contributed by atoms with E-state index in [0.717, 1.165) is 11.1 Å². The van der Waals surface area contributed by atoms with E-state index < -0.39 is 6.10 Å². The van der Waals surface area contributed by atoms with E-state index in [1.54, 1.807) is 12.5 Å². The molecule has 3 N–H and O–H groups in total. The van der Waals surface area contributed by atoms with Crippen LogP contribution in [-0.4, -0.2) is 21.0 Å². The summed E-state index contributed by atoms with van der Waals surface area (Å²) in [5.74, 6) is 0. The van der Waals surface area contributed by atoms with E-state index in [4.69, 9.17) is 5.73 Å². The van der Waals surface area contributed by atoms with Gasteiger partial charge in [0.25, 0.3) is 0 Å². The Bertz CT molecular complexity index is 410. The summed E-state index contributed by atoms with van der Waals surface area (Å²) in [7, 11) is 0. The van der Waals surface area contributed by atoms with Crippen LogP contribution in [0.2, 0.25) is 0 Å². The van der Waals surface area contributed by atoms with E-state index in [2.05, 4.69) is 4.98 Å². The van der Waals surface area contributed by atoms with Crippen LogP contribution in [0.4, 0.5) is 0 Å². The molecule has 2 aromatic rings. The lowest BCUT2D eigenvalue weighted by Gasteiger charge is -2.07. The Balaban J connectivity index is 2.48. The minimum absolute atomic E-state index is 0.236. The van der Waals surface area contributed by atoms with E-state index in [-0.39, 0.29) is 6.54 Å². The maximum Gasteiger partial charge on any atom is 0.0992 e. The van der Waals surface area contributed by atoms with E-state index in [9.17, 15) is 5.11 Å². The molecular weight excluding hydrogens is 166 g/mol. The fraction of sp³-hybridized carbons (Fsp3) is 0.222. The molecule has 0 spiro atoms. The third-order valence-electron chi connectivity index (χ3n) is 2.04. The molecule has 1 unspecified atom stereocenters. The lowest BCUT2D eigenvalue weighted by atomic mass is 10.1. The summed E-state index contributed by atoms with van der Waals surface area (Å²) in [6.07, 6.45) is 4.70. The van der Waals surface area contributed by atoms with Crippen molar-refractivity contribution in [3.05, 3.63) is 36.4 Å². The summed E-state index contributed by atoms with van der Waals surface area (Å²) < 4.78 is 1.86. The first-order valence-electron chi connectivity index (χ1n) is 4.11. The second kappa shape index (κ2) is 3.16. The monoisotopic (exact) mass is 177 g/mol. The van der Waals surface area contributed by atoms with Crippen molar-refractivity contribution in [2.24, 2.45) is 5.73 Å². The predicted molar refractivity (Wildman–Crippen MR) is 49.2 cm³/mol. The highest BCUT2D eigenvalue weighted by Gasteiger charge is 2.04. The number of hydrogen-bond acceptors (Lipinski definition) is 3. The normalized spacial score (nSPS) is 13.4. The Kier molecular flexibility index (Phi) is 2.00. The standard InChI is InChI=1S/C9H11N3O/c10-3-9(13)7-1-2-8-4-11-6-12(8)5-7/h1-2,4-6,9,13H,3,10H2. The number of aromatic nitrogens is 2. The van der Waals surface area contributed by atoms with Crippen LogP contribution in [0.25, 0.3) is 5.52 Å². The average Bonchev–Trinajstić information content (AvgIpc) is 2.63. The van der Waals surface area contributed by atoms with Gasteiger partial charge in [0.2, 0.25) is 0 Å². The summed E-state index contributed by atoms with van der Waals surface area (Å²) >= 11 is 0. The summed E-state index contributed by atoms with van der Waals surface area (Å²) in [6, 6.07) is 3.76. The first-order chi connectivity index (χ1) is 6.31. The minimum Gasteiger partial charge on any atom is -0.387 e. The van der Waals surface area contributed by atoms with Gasteiger partial charge in [-0.3, -0.25) is 0 Å². The van der Waals surface area contributed by atoms with Gasteiger partial charge in [-0.2, -0.15) is 0 Å². The summed E-state index contributed by atoms with van der Waals surface area (Å²) in [6.45, 7) is 0.236. The summed E-state index contributed by atoms with van der Waals surface area (Å²) in [5, 5.41) is 9.47. The average molecular weight is 177 g/mol. The van der Waals surface area contributed by atoms with Gasteiger partial charge in [-0.05, 0) is 11.6 Å². The first kappa shape index (κ1) is 8.22. The van der Waals surface area contributed by atoms with Crippen LogP contribution in [0.5, 0.6) is 0 Å². The van der Waals surface area contributed by atoms with Gasteiger partial charge in [0.1, 0.15) is 0 Å². The van der Waals surface area contributed by atoms with Crippen molar-refractivity contribution in [3.8, 4) is 0 Å². The van der Waals surface area contributed by atoms with Crippen molar-refractivity contribution >= 4 is 5.52 Å². The van der Waals surface area contributed by atoms with E-state index in [0.29, 0.717) is 0 Å². The number of aliphatic hydroxyl groups excluding tert-OH is 1. The van der Waals surface area contributed by atoms with Crippen LogP contribution in [0.15, 0.2) is 30.9 Å². The van der Waals surface area contributed by atoms with Crippen molar-refractivity contribution in [2.45, 2.75) is 6.10 Å². The van der Waals surface area contributed by atoms with Gasteiger partial charge in [0, 0.05) is 12.7 Å². The summed E-state index contributed by atoms with van der Waals surface area (Å²) in [4.78, 5) is 3.98. The Morgan fingerprint density at radius 3 is 3.15 bits per heavy atom. The molecule has 0 aliphatic heterocycles. The van der Waals surface area contributed by atoms with Gasteiger partial charge >= 0.3 is 0 Å². The maximum atomic E-state index is 9.47. The highest BCUT2D eigenvalue weighted by molar-refractivity contribution is 5.45. The Morgan fingerprint density at radius 2 is 2.38 bits per heavy atom. The molecule has 0 radical (unpaired) electrons. The van der Waals surface area contributed by atoms with Crippen LogP contribution in [0.3, 0.4) is 0 Å². The number of aliphatic hydroxyl groups is 1. The number of nitrogens with zero attached hydrogens (tertiary/aromatic N) is 2. The second-order valence-electron chi connectivity index (χ2n) is 2.94. The zero-order valence-electron chi connectivity index (χ0n) is 7.09. The van der Waals surface area contributed by atoms with Gasteiger partial charge in [-0.15, -0.1) is 0 Å². The molecular formula is C9H11N3O. The predicted octanol–water partition coefficient (Wildman–Crippen LogP) is 0.326. The van der Waals surface area contributed by atoms with Crippen LogP contribution in [0, 0.1) is 0 Å². The topological polar surface area (TPSA) is 63.5 Å². The molecule has 0 saturated heterocycles. The molecule has 1 atom stereocenters. The Morgan fingerprint density at radius 1 is 1.54 bits per heavy atom. The van der Waals surface area contributed by atoms with Gasteiger partial charge in [-0.25, -0.2) is 4.98 Å². The molecule has 2 aromatic heterocycles. The van der Waals surface area contributed by atoms with E-state index in [1.165, 1.54) is 0 Å². The molecule has 0 aliphatic carbocycles. The summed E-state index contributed by atoms with van der Waals surface area (Å²) in [5.41, 5.74) is 7.17. The third-order valence-corrected chi connectivity index (χ3v) is 2.04. The second-order valence-corrected chi connectivity index (χ2v) is 2.94. The number of rotatable bonds is 2. The quantitative estimate of drug-likeness (QED) is 0.694. The fourth-order valence-corrected chi connectivity index (χ4v) is 1.27. The van der Waals surface area contributed by atoms with Crippen LogP contribution in [0.1, 0.15) is 11.7 Å². The minimum atomic E-state index is -0.591. The van der Waals surface area contributed by atoms with Crippen LogP contribution < -0.4 is 5.73 Å². The van der Waals surface area contributed by atoms with Crippen molar-refractivity contribution in [2.75, 3.05) is 6.54 Å². The first-order valence-corrected chi connectivity index (χ1v) is 4.11. The molecule has 2 rings (SSSR count). The molecule has 68 valence electrons. The molecule has 0 bridgehead atoms. The van der Waals surface area contributed by atoms with Crippen LogP contribution >= 0.6 is 0 Å². The van der Waals surface area contributed by atoms with Crippen molar-refractivity contribution in [3.63, 3.8) is 0 Å². The van der Waals surface area contributed by atoms with Gasteiger partial charge in [-0.1, -0.05) is 6.07 Å². The number of pyridine rings is 1. The van der Waals surface area contributed by atoms with Crippen molar-refractivity contribution < 1.29 is 5.11 Å². The number of imidazole rings is 1. The highest BCUT2D eigenvalue weighted by atomic mass is 16.3. The molecule has 0 amide bonds. The molecule has 0 fully saturated rings. The van der Waals surface area contributed by atoms with Crippen molar-refractivity contribution in [1.29, 1.82) is 0 Å². The zero-order valence-corrected chi connectivity index (χ0v) is 7.09. The van der Waals surface area contributed by atoms with Crippen LogP contribution in [-0.2, 0) is 0 Å². The SMILES string of the molecule is NCC(O)c1ccc2cncn2c1. The molecule has 0 aliphatic rings. The lowest BCUT2D eigenvalue weighted by molar-refractivity contribution is 0.186. The fourth-order valence-electron chi connectivity index (χ4n) is 1.27. The molecule has 2 heterocycles. The van der Waals surface area contributed by atoms with E-state index in [1.807, 2.05) is 22.7 Å². The van der Waals surface area contributed by atoms with Gasteiger partial charge in [0.05, 0.1) is 24.1 Å². The third kappa shape index (κ3) is 1.41. The molecule has 4 nitrogen and oxygen atoms in total. The molecule has 0 saturated carbocycles. The molecule has 4 heteroatoms. The maximum absolute atomic E-state index is 9.47. The largest absolute Gasteiger partial charge is 0.387 e. The lowest BCUT2D eigenvalue weighted by Crippen LogP contribution is -2.11. The number of hydrogen-bond donors (Lipinski definition) is 2. The Hall–Kier alpha value is -1.39. The van der Waals surface area contributed by atoms with Gasteiger partial charge in [0.15, 0.2) is 0 Å². The number of nitrogens with two attached hydrogens (primary N) is 1. The zero-order chi connectivity index (χ0) is 9.26. The van der Waals surface area contributed by atoms with Crippen molar-refractivity contribution in [1.82, 2.24) is 9.38 Å². The smallest absolute Gasteiger partial charge is 0.0992 e. The highest BCUT2D eigenvalue weighted by Crippen LogP contribution is 2.12. The van der Waals surface area contributed by atoms with E-state index >= 15 is 0 Å². The van der Waals surface area contributed by atoms with Gasteiger partial charge < -0.3 is 15.2 Å². The molecule has 13 heavy (non-hydrogen) atoms. The Labute approximate surface area is 75.6 Å².